The minimum Gasteiger partial charge on any atom is -0.507 e. The van der Waals surface area contributed by atoms with Crippen LogP contribution in [0.1, 0.15) is 48.6 Å². The summed E-state index contributed by atoms with van der Waals surface area (Å²) in [4.78, 5) is 30.9. The van der Waals surface area contributed by atoms with Gasteiger partial charge in [-0.3, -0.25) is 14.5 Å². The second kappa shape index (κ2) is 13.9. The van der Waals surface area contributed by atoms with Crippen molar-refractivity contribution in [3.05, 3.63) is 101 Å². The molecule has 2 aliphatic rings. The summed E-state index contributed by atoms with van der Waals surface area (Å²) in [5, 5.41) is 11.6. The van der Waals surface area contributed by atoms with Gasteiger partial charge >= 0.3 is 0 Å². The number of rotatable bonds is 11. The van der Waals surface area contributed by atoms with E-state index >= 15 is 0 Å². The molecule has 0 spiro atoms. The molecule has 1 amide bonds. The molecule has 3 aromatic rings. The highest BCUT2D eigenvalue weighted by atomic mass is 16.5. The molecule has 0 radical (unpaired) electrons. The molecule has 5 rings (SSSR count). The number of hydrogen-bond acceptors (Lipinski definition) is 7. The predicted molar refractivity (Wildman–Crippen MR) is 165 cm³/mol. The number of aliphatic hydroxyl groups is 1. The van der Waals surface area contributed by atoms with Gasteiger partial charge in [0.05, 0.1) is 30.9 Å². The molecule has 0 bridgehead atoms. The molecule has 0 aliphatic carbocycles. The van der Waals surface area contributed by atoms with Crippen LogP contribution in [0.5, 0.6) is 11.5 Å². The van der Waals surface area contributed by atoms with Gasteiger partial charge in [0, 0.05) is 31.7 Å². The standard InChI is InChI=1S/C35H40N2O6/c1-24(2)43-29-14-15-30(25(3)22-29)33(38)31-32(27-10-12-28(13-11-27)42-23-26-8-5-4-6-9-26)37(35(40)34(31)39)17-7-16-36-18-20-41-21-19-36/h4-6,8-15,22,24,32,38H,7,16-21,23H2,1-3H3/b33-31+. The van der Waals surface area contributed by atoms with Crippen LogP contribution in [0, 0.1) is 6.92 Å². The van der Waals surface area contributed by atoms with Crippen LogP contribution in [0.4, 0.5) is 0 Å². The molecular weight excluding hydrogens is 544 g/mol. The third-order valence-electron chi connectivity index (χ3n) is 7.79. The number of carbonyl (C=O) groups excluding carboxylic acids is 2. The summed E-state index contributed by atoms with van der Waals surface area (Å²) >= 11 is 0. The Morgan fingerprint density at radius 3 is 2.33 bits per heavy atom. The summed E-state index contributed by atoms with van der Waals surface area (Å²) in [6.45, 7) is 10.4. The lowest BCUT2D eigenvalue weighted by Crippen LogP contribution is -2.38. The molecular formula is C35H40N2O6. The molecule has 8 heteroatoms. The molecule has 1 atom stereocenters. The van der Waals surface area contributed by atoms with E-state index in [2.05, 4.69) is 4.90 Å². The maximum absolute atomic E-state index is 13.5. The number of aryl methyl sites for hydroxylation is 1. The Balaban J connectivity index is 1.44. The molecule has 1 unspecified atom stereocenters. The highest BCUT2D eigenvalue weighted by Gasteiger charge is 2.46. The zero-order valence-electron chi connectivity index (χ0n) is 25.1. The van der Waals surface area contributed by atoms with E-state index < -0.39 is 17.7 Å². The molecule has 0 saturated carbocycles. The smallest absolute Gasteiger partial charge is 0.295 e. The van der Waals surface area contributed by atoms with Crippen molar-refractivity contribution < 1.29 is 28.9 Å². The van der Waals surface area contributed by atoms with Gasteiger partial charge in [-0.05, 0) is 74.2 Å². The fourth-order valence-corrected chi connectivity index (χ4v) is 5.63. The normalized spacial score (nSPS) is 18.8. The predicted octanol–water partition coefficient (Wildman–Crippen LogP) is 5.51. The average molecular weight is 585 g/mol. The molecule has 226 valence electrons. The second-order valence-corrected chi connectivity index (χ2v) is 11.3. The van der Waals surface area contributed by atoms with Crippen molar-refractivity contribution >= 4 is 17.4 Å². The SMILES string of the molecule is Cc1cc(OC(C)C)ccc1/C(O)=C1\C(=O)C(=O)N(CCCN2CCOCC2)C1c1ccc(OCc2ccccc2)cc1. The number of hydrogen-bond donors (Lipinski definition) is 1. The number of benzene rings is 3. The third-order valence-corrected chi connectivity index (χ3v) is 7.79. The van der Waals surface area contributed by atoms with Crippen molar-refractivity contribution in [1.29, 1.82) is 0 Å². The Morgan fingerprint density at radius 2 is 1.65 bits per heavy atom. The van der Waals surface area contributed by atoms with Crippen LogP contribution in [-0.2, 0) is 20.9 Å². The van der Waals surface area contributed by atoms with E-state index in [1.807, 2.05) is 81.4 Å². The fraction of sp³-hybridized carbons (Fsp3) is 0.371. The number of amides is 1. The Bertz CT molecular complexity index is 1440. The van der Waals surface area contributed by atoms with E-state index in [-0.39, 0.29) is 17.4 Å². The van der Waals surface area contributed by atoms with Crippen LogP contribution in [0.25, 0.3) is 5.76 Å². The van der Waals surface area contributed by atoms with Gasteiger partial charge in [0.1, 0.15) is 23.9 Å². The van der Waals surface area contributed by atoms with Gasteiger partial charge in [0.25, 0.3) is 11.7 Å². The Morgan fingerprint density at radius 1 is 0.953 bits per heavy atom. The monoisotopic (exact) mass is 584 g/mol. The van der Waals surface area contributed by atoms with Crippen molar-refractivity contribution in [1.82, 2.24) is 9.80 Å². The molecule has 2 saturated heterocycles. The molecule has 2 aliphatic heterocycles. The number of aliphatic hydroxyl groups excluding tert-OH is 1. The summed E-state index contributed by atoms with van der Waals surface area (Å²) in [6.07, 6.45) is 0.698. The van der Waals surface area contributed by atoms with Crippen molar-refractivity contribution in [3.8, 4) is 11.5 Å². The van der Waals surface area contributed by atoms with Gasteiger partial charge in [-0.1, -0.05) is 42.5 Å². The summed E-state index contributed by atoms with van der Waals surface area (Å²) in [5.41, 5.74) is 3.12. The summed E-state index contributed by atoms with van der Waals surface area (Å²) in [5.74, 6) is -0.115. The number of nitrogens with zero attached hydrogens (tertiary/aromatic N) is 2. The number of ketones is 1. The van der Waals surface area contributed by atoms with Crippen LogP contribution in [0.3, 0.4) is 0 Å². The number of morpholine rings is 1. The van der Waals surface area contributed by atoms with Crippen LogP contribution in [0.15, 0.2) is 78.4 Å². The van der Waals surface area contributed by atoms with E-state index in [4.69, 9.17) is 14.2 Å². The second-order valence-electron chi connectivity index (χ2n) is 11.3. The zero-order valence-corrected chi connectivity index (χ0v) is 25.1. The number of Topliss-reactive ketones (excluding diaryl/α,β-unsaturated/α-hetero) is 1. The first-order valence-corrected chi connectivity index (χ1v) is 14.9. The van der Waals surface area contributed by atoms with Gasteiger partial charge in [-0.25, -0.2) is 0 Å². The molecule has 0 aromatic heterocycles. The topological polar surface area (TPSA) is 88.5 Å². The van der Waals surface area contributed by atoms with E-state index in [1.54, 1.807) is 17.0 Å². The van der Waals surface area contributed by atoms with Gasteiger partial charge in [0.2, 0.25) is 0 Å². The summed E-state index contributed by atoms with van der Waals surface area (Å²) < 4.78 is 17.2. The lowest BCUT2D eigenvalue weighted by Gasteiger charge is -2.29. The first kappa shape index (κ1) is 30.3. The van der Waals surface area contributed by atoms with Gasteiger partial charge in [0.15, 0.2) is 0 Å². The number of likely N-dealkylation sites (tertiary alicyclic amines) is 1. The maximum Gasteiger partial charge on any atom is 0.295 e. The van der Waals surface area contributed by atoms with E-state index in [9.17, 15) is 14.7 Å². The van der Waals surface area contributed by atoms with Gasteiger partial charge in [-0.15, -0.1) is 0 Å². The minimum absolute atomic E-state index is 0.00118. The lowest BCUT2D eigenvalue weighted by molar-refractivity contribution is -0.140. The Kier molecular flexibility index (Phi) is 9.79. The summed E-state index contributed by atoms with van der Waals surface area (Å²) in [7, 11) is 0. The lowest BCUT2D eigenvalue weighted by atomic mass is 9.93. The molecule has 8 nitrogen and oxygen atoms in total. The molecule has 1 N–H and O–H groups in total. The number of ether oxygens (including phenoxy) is 3. The average Bonchev–Trinajstić information content (AvgIpc) is 3.26. The fourth-order valence-electron chi connectivity index (χ4n) is 5.63. The first-order chi connectivity index (χ1) is 20.8. The number of carbonyl (C=O) groups is 2. The van der Waals surface area contributed by atoms with Gasteiger partial charge < -0.3 is 24.2 Å². The molecule has 3 aromatic carbocycles. The molecule has 2 fully saturated rings. The van der Waals surface area contributed by atoms with Crippen molar-refractivity contribution in [2.75, 3.05) is 39.4 Å². The van der Waals surface area contributed by atoms with Crippen LogP contribution in [0.2, 0.25) is 0 Å². The molecule has 43 heavy (non-hydrogen) atoms. The zero-order chi connectivity index (χ0) is 30.3. The van der Waals surface area contributed by atoms with E-state index in [1.165, 1.54) is 0 Å². The van der Waals surface area contributed by atoms with Gasteiger partial charge in [-0.2, -0.15) is 0 Å². The van der Waals surface area contributed by atoms with Crippen LogP contribution in [-0.4, -0.2) is 72.1 Å². The first-order valence-electron chi connectivity index (χ1n) is 14.9. The quantitative estimate of drug-likeness (QED) is 0.181. The van der Waals surface area contributed by atoms with Crippen molar-refractivity contribution in [3.63, 3.8) is 0 Å². The Labute approximate surface area is 253 Å². The Hall–Kier alpha value is -4.14. The van der Waals surface area contributed by atoms with Crippen LogP contribution >= 0.6 is 0 Å². The minimum atomic E-state index is -0.723. The van der Waals surface area contributed by atoms with Crippen molar-refractivity contribution in [2.24, 2.45) is 0 Å². The molecule has 2 heterocycles. The largest absolute Gasteiger partial charge is 0.507 e. The summed E-state index contributed by atoms with van der Waals surface area (Å²) in [6, 6.07) is 21.9. The third kappa shape index (κ3) is 7.27. The highest BCUT2D eigenvalue weighted by molar-refractivity contribution is 6.46. The van der Waals surface area contributed by atoms with Crippen molar-refractivity contribution in [2.45, 2.75) is 45.9 Å². The highest BCUT2D eigenvalue weighted by Crippen LogP contribution is 2.40. The van der Waals surface area contributed by atoms with E-state index in [0.717, 1.165) is 36.3 Å². The van der Waals surface area contributed by atoms with E-state index in [0.29, 0.717) is 49.8 Å². The maximum atomic E-state index is 13.5. The van der Waals surface area contributed by atoms with Crippen LogP contribution < -0.4 is 9.47 Å².